The van der Waals surface area contributed by atoms with E-state index in [0.717, 1.165) is 36.6 Å². The molecule has 18 heavy (non-hydrogen) atoms. The van der Waals surface area contributed by atoms with Gasteiger partial charge in [-0.3, -0.25) is 5.41 Å². The molecule has 1 aliphatic rings. The van der Waals surface area contributed by atoms with Crippen LogP contribution in [-0.2, 0) is 0 Å². The van der Waals surface area contributed by atoms with Gasteiger partial charge in [-0.05, 0) is 32.4 Å². The minimum absolute atomic E-state index is 0.627. The van der Waals surface area contributed by atoms with Gasteiger partial charge in [-0.2, -0.15) is 0 Å². The smallest absolute Gasteiger partial charge is 0.143 e. The van der Waals surface area contributed by atoms with Crippen molar-refractivity contribution in [2.24, 2.45) is 0 Å². The number of nitrogens with zero attached hydrogens (tertiary/aromatic N) is 1. The monoisotopic (exact) mass is 248 g/mol. The van der Waals surface area contributed by atoms with Crippen LogP contribution in [0.5, 0.6) is 11.5 Å². The molecule has 0 bridgehead atoms. The van der Waals surface area contributed by atoms with Gasteiger partial charge in [-0.15, -0.1) is 0 Å². The molecule has 0 radical (unpaired) electrons. The summed E-state index contributed by atoms with van der Waals surface area (Å²) in [7, 11) is 0. The summed E-state index contributed by atoms with van der Waals surface area (Å²) in [5.74, 6) is 2.31. The highest BCUT2D eigenvalue weighted by Crippen LogP contribution is 2.35. The van der Waals surface area contributed by atoms with Crippen LogP contribution in [-0.4, -0.2) is 25.6 Å². The third-order valence-electron chi connectivity index (χ3n) is 2.95. The Labute approximate surface area is 108 Å². The molecule has 1 aromatic rings. The zero-order chi connectivity index (χ0) is 13.0. The van der Waals surface area contributed by atoms with Gasteiger partial charge >= 0.3 is 0 Å². The van der Waals surface area contributed by atoms with Gasteiger partial charge in [0.2, 0.25) is 0 Å². The van der Waals surface area contributed by atoms with Gasteiger partial charge < -0.3 is 14.4 Å². The third kappa shape index (κ3) is 2.58. The Bertz CT molecular complexity index is 432. The van der Waals surface area contributed by atoms with E-state index < -0.39 is 0 Å². The van der Waals surface area contributed by atoms with Gasteiger partial charge in [0.15, 0.2) is 0 Å². The first-order valence-electron chi connectivity index (χ1n) is 6.50. The lowest BCUT2D eigenvalue weighted by atomic mass is 10.2. The summed E-state index contributed by atoms with van der Waals surface area (Å²) < 4.78 is 11.2. The molecule has 1 aromatic carbocycles. The molecular weight excluding hydrogens is 228 g/mol. The molecule has 1 heterocycles. The van der Waals surface area contributed by atoms with Gasteiger partial charge in [0.25, 0.3) is 0 Å². The van der Waals surface area contributed by atoms with Crippen molar-refractivity contribution in [3.63, 3.8) is 0 Å². The SMILES string of the molecule is CCOc1ccc(OCC)c(N2CCCC2=N)c1. The van der Waals surface area contributed by atoms with E-state index in [9.17, 15) is 0 Å². The lowest BCUT2D eigenvalue weighted by Gasteiger charge is -2.22. The van der Waals surface area contributed by atoms with Crippen LogP contribution in [0.2, 0.25) is 0 Å². The first-order valence-corrected chi connectivity index (χ1v) is 6.50. The van der Waals surface area contributed by atoms with Gasteiger partial charge in [0.1, 0.15) is 17.3 Å². The second-order valence-corrected chi connectivity index (χ2v) is 4.20. The van der Waals surface area contributed by atoms with Crippen LogP contribution < -0.4 is 14.4 Å². The van der Waals surface area contributed by atoms with Crippen molar-refractivity contribution in [1.82, 2.24) is 0 Å². The van der Waals surface area contributed by atoms with Crippen LogP contribution in [0, 0.1) is 5.41 Å². The maximum Gasteiger partial charge on any atom is 0.143 e. The lowest BCUT2D eigenvalue weighted by molar-refractivity contribution is 0.331. The van der Waals surface area contributed by atoms with Gasteiger partial charge in [-0.25, -0.2) is 0 Å². The Morgan fingerprint density at radius 1 is 1.22 bits per heavy atom. The van der Waals surface area contributed by atoms with Crippen molar-refractivity contribution in [3.8, 4) is 11.5 Å². The molecular formula is C14H20N2O2. The number of benzene rings is 1. The molecule has 0 aliphatic carbocycles. The number of amidine groups is 1. The molecule has 0 spiro atoms. The van der Waals surface area contributed by atoms with Crippen molar-refractivity contribution in [2.45, 2.75) is 26.7 Å². The van der Waals surface area contributed by atoms with Crippen molar-refractivity contribution in [2.75, 3.05) is 24.7 Å². The number of hydrogen-bond acceptors (Lipinski definition) is 3. The Hall–Kier alpha value is -1.71. The quantitative estimate of drug-likeness (QED) is 0.871. The predicted octanol–water partition coefficient (Wildman–Crippen LogP) is 3.06. The summed E-state index contributed by atoms with van der Waals surface area (Å²) in [6, 6.07) is 5.81. The number of anilines is 1. The summed E-state index contributed by atoms with van der Waals surface area (Å²) in [4.78, 5) is 2.01. The van der Waals surface area contributed by atoms with E-state index in [-0.39, 0.29) is 0 Å². The Morgan fingerprint density at radius 2 is 2.00 bits per heavy atom. The highest BCUT2D eigenvalue weighted by atomic mass is 16.5. The Morgan fingerprint density at radius 3 is 2.61 bits per heavy atom. The van der Waals surface area contributed by atoms with Gasteiger partial charge in [0.05, 0.1) is 18.9 Å². The molecule has 0 atom stereocenters. The largest absolute Gasteiger partial charge is 0.494 e. The molecule has 1 N–H and O–H groups in total. The molecule has 1 aliphatic heterocycles. The van der Waals surface area contributed by atoms with Crippen LogP contribution in [0.3, 0.4) is 0 Å². The van der Waals surface area contributed by atoms with Crippen LogP contribution in [0.4, 0.5) is 5.69 Å². The topological polar surface area (TPSA) is 45.6 Å². The fraction of sp³-hybridized carbons (Fsp3) is 0.500. The van der Waals surface area contributed by atoms with Crippen LogP contribution in [0.1, 0.15) is 26.7 Å². The third-order valence-corrected chi connectivity index (χ3v) is 2.95. The first kappa shape index (κ1) is 12.7. The van der Waals surface area contributed by atoms with E-state index in [1.54, 1.807) is 0 Å². The zero-order valence-corrected chi connectivity index (χ0v) is 11.0. The number of rotatable bonds is 5. The highest BCUT2D eigenvalue weighted by Gasteiger charge is 2.22. The number of hydrogen-bond donors (Lipinski definition) is 1. The molecule has 98 valence electrons. The summed E-state index contributed by atoms with van der Waals surface area (Å²) in [5, 5.41) is 7.97. The molecule has 0 amide bonds. The van der Waals surface area contributed by atoms with E-state index in [4.69, 9.17) is 14.9 Å². The van der Waals surface area contributed by atoms with Crippen LogP contribution in [0.15, 0.2) is 18.2 Å². The highest BCUT2D eigenvalue weighted by molar-refractivity contribution is 5.98. The normalized spacial score (nSPS) is 15.0. The maximum absolute atomic E-state index is 7.97. The molecule has 4 heteroatoms. The molecule has 0 unspecified atom stereocenters. The fourth-order valence-corrected chi connectivity index (χ4v) is 2.18. The minimum atomic E-state index is 0.627. The molecule has 1 fully saturated rings. The maximum atomic E-state index is 7.97. The van der Waals surface area contributed by atoms with Crippen LogP contribution >= 0.6 is 0 Å². The average molecular weight is 248 g/mol. The van der Waals surface area contributed by atoms with Crippen molar-refractivity contribution in [1.29, 1.82) is 5.41 Å². The molecule has 2 rings (SSSR count). The minimum Gasteiger partial charge on any atom is -0.494 e. The Balaban J connectivity index is 2.33. The molecule has 4 nitrogen and oxygen atoms in total. The molecule has 1 saturated heterocycles. The van der Waals surface area contributed by atoms with Crippen LogP contribution in [0.25, 0.3) is 0 Å². The van der Waals surface area contributed by atoms with E-state index in [1.165, 1.54) is 0 Å². The number of ether oxygens (including phenoxy) is 2. The second-order valence-electron chi connectivity index (χ2n) is 4.20. The van der Waals surface area contributed by atoms with Crippen molar-refractivity contribution >= 4 is 11.5 Å². The molecule has 0 saturated carbocycles. The van der Waals surface area contributed by atoms with Crippen molar-refractivity contribution < 1.29 is 9.47 Å². The summed E-state index contributed by atoms with van der Waals surface area (Å²) >= 11 is 0. The summed E-state index contributed by atoms with van der Waals surface area (Å²) in [6.45, 7) is 6.09. The van der Waals surface area contributed by atoms with Gasteiger partial charge in [0, 0.05) is 19.0 Å². The van der Waals surface area contributed by atoms with E-state index in [2.05, 4.69) is 0 Å². The lowest BCUT2D eigenvalue weighted by Crippen LogP contribution is -2.23. The predicted molar refractivity (Wildman–Crippen MR) is 73.1 cm³/mol. The second kappa shape index (κ2) is 5.76. The molecule has 0 aromatic heterocycles. The summed E-state index contributed by atoms with van der Waals surface area (Å²) in [5.41, 5.74) is 0.949. The zero-order valence-electron chi connectivity index (χ0n) is 11.0. The van der Waals surface area contributed by atoms with Gasteiger partial charge in [-0.1, -0.05) is 0 Å². The van der Waals surface area contributed by atoms with E-state index >= 15 is 0 Å². The van der Waals surface area contributed by atoms with E-state index in [0.29, 0.717) is 19.0 Å². The summed E-state index contributed by atoms with van der Waals surface area (Å²) in [6.07, 6.45) is 1.87. The Kier molecular flexibility index (Phi) is 4.07. The number of nitrogens with one attached hydrogen (secondary N) is 1. The van der Waals surface area contributed by atoms with E-state index in [1.807, 2.05) is 36.9 Å². The standard InChI is InChI=1S/C14H20N2O2/c1-3-17-11-7-8-13(18-4-2)12(10-11)16-9-5-6-14(16)15/h7-8,10,15H,3-6,9H2,1-2H3. The average Bonchev–Trinajstić information content (AvgIpc) is 2.78. The van der Waals surface area contributed by atoms with Crippen molar-refractivity contribution in [3.05, 3.63) is 18.2 Å². The fourth-order valence-electron chi connectivity index (χ4n) is 2.18. The first-order chi connectivity index (χ1) is 8.76.